The van der Waals surface area contributed by atoms with Crippen molar-refractivity contribution in [3.63, 3.8) is 0 Å². The number of anilines is 1. The summed E-state index contributed by atoms with van der Waals surface area (Å²) in [6, 6.07) is 14.4. The van der Waals surface area contributed by atoms with Gasteiger partial charge in [-0.25, -0.2) is 0 Å². The quantitative estimate of drug-likeness (QED) is 0.259. The van der Waals surface area contributed by atoms with Gasteiger partial charge in [0, 0.05) is 11.1 Å². The topological polar surface area (TPSA) is 75.3 Å². The Labute approximate surface area is 215 Å². The summed E-state index contributed by atoms with van der Waals surface area (Å²) in [6.45, 7) is 0. The fourth-order valence-electron chi connectivity index (χ4n) is 3.49. The molecule has 1 N–H and O–H groups in total. The van der Waals surface area contributed by atoms with E-state index in [1.807, 2.05) is 42.5 Å². The third kappa shape index (κ3) is 6.52. The maximum Gasteiger partial charge on any atom is 0.248 e. The molecule has 0 aliphatic rings. The highest BCUT2D eigenvalue weighted by molar-refractivity contribution is 6.30. The number of nitrogens with one attached hydrogen (secondary N) is 1. The fraction of sp³-hybridized carbons (Fsp3) is 0.179. The molecule has 3 aromatic rings. The number of benzene rings is 3. The van der Waals surface area contributed by atoms with E-state index in [1.165, 1.54) is 20.3 Å². The van der Waals surface area contributed by atoms with Gasteiger partial charge in [0.1, 0.15) is 0 Å². The fourth-order valence-corrected chi connectivity index (χ4v) is 3.61. The molecule has 8 heteroatoms. The number of hydrogen-bond donors (Lipinski definition) is 1. The van der Waals surface area contributed by atoms with Gasteiger partial charge in [0.15, 0.2) is 23.0 Å². The monoisotopic (exact) mass is 509 g/mol. The van der Waals surface area contributed by atoms with Crippen molar-refractivity contribution in [1.82, 2.24) is 0 Å². The molecule has 0 fully saturated rings. The summed E-state index contributed by atoms with van der Waals surface area (Å²) in [4.78, 5) is 12.6. The average Bonchev–Trinajstić information content (AvgIpc) is 2.90. The largest absolute Gasteiger partial charge is 0.493 e. The van der Waals surface area contributed by atoms with E-state index in [1.54, 1.807) is 45.6 Å². The zero-order valence-electron chi connectivity index (χ0n) is 20.8. The number of ether oxygens (including phenoxy) is 5. The first-order valence-electron chi connectivity index (χ1n) is 10.9. The number of carbonyl (C=O) groups is 1. The third-order valence-corrected chi connectivity index (χ3v) is 5.46. The van der Waals surface area contributed by atoms with Gasteiger partial charge in [-0.15, -0.1) is 0 Å². The lowest BCUT2D eigenvalue weighted by Crippen LogP contribution is -2.09. The molecular weight excluding hydrogens is 482 g/mol. The minimum Gasteiger partial charge on any atom is -0.493 e. The Morgan fingerprint density at radius 3 is 1.67 bits per heavy atom. The van der Waals surface area contributed by atoms with Gasteiger partial charge in [-0.2, -0.15) is 0 Å². The Bertz CT molecular complexity index is 1240. The molecule has 0 aliphatic heterocycles. The van der Waals surface area contributed by atoms with E-state index in [4.69, 9.17) is 35.3 Å². The molecule has 3 aromatic carbocycles. The van der Waals surface area contributed by atoms with Crippen LogP contribution in [0.1, 0.15) is 16.7 Å². The SMILES string of the molecule is COc1cc(/C=C/c2cc(OC)c(OC)c(OC)c2)cc(NC(=O)/C=C/c2ccc(Cl)cc2)c1OC. The van der Waals surface area contributed by atoms with Crippen LogP contribution in [0, 0.1) is 0 Å². The number of halogens is 1. The van der Waals surface area contributed by atoms with Crippen molar-refractivity contribution in [3.8, 4) is 28.7 Å². The second-order valence-corrected chi connectivity index (χ2v) is 7.91. The van der Waals surface area contributed by atoms with E-state index in [2.05, 4.69) is 5.32 Å². The van der Waals surface area contributed by atoms with Gasteiger partial charge in [0.2, 0.25) is 11.7 Å². The Kier molecular flexibility index (Phi) is 9.25. The summed E-state index contributed by atoms with van der Waals surface area (Å²) in [6.07, 6.45) is 6.90. The standard InChI is InChI=1S/C28H28ClNO6/c1-32-23-15-19(6-7-20-16-24(33-2)28(36-5)25(17-20)34-3)14-22(27(23)35-4)30-26(31)13-10-18-8-11-21(29)12-9-18/h6-17H,1-5H3,(H,30,31)/b7-6+,13-10+. The molecule has 0 radical (unpaired) electrons. The van der Waals surface area contributed by atoms with Gasteiger partial charge in [-0.3, -0.25) is 4.79 Å². The minimum absolute atomic E-state index is 0.323. The zero-order chi connectivity index (χ0) is 26.1. The highest BCUT2D eigenvalue weighted by atomic mass is 35.5. The van der Waals surface area contributed by atoms with Crippen molar-refractivity contribution < 1.29 is 28.5 Å². The second-order valence-electron chi connectivity index (χ2n) is 7.47. The normalized spacial score (nSPS) is 10.9. The molecule has 7 nitrogen and oxygen atoms in total. The van der Waals surface area contributed by atoms with Gasteiger partial charge < -0.3 is 29.0 Å². The van der Waals surface area contributed by atoms with Gasteiger partial charge >= 0.3 is 0 Å². The third-order valence-electron chi connectivity index (χ3n) is 5.21. The maximum atomic E-state index is 12.6. The lowest BCUT2D eigenvalue weighted by molar-refractivity contribution is -0.111. The summed E-state index contributed by atoms with van der Waals surface area (Å²) in [7, 11) is 7.74. The van der Waals surface area contributed by atoms with E-state index in [-0.39, 0.29) is 5.91 Å². The van der Waals surface area contributed by atoms with Crippen LogP contribution in [-0.4, -0.2) is 41.5 Å². The van der Waals surface area contributed by atoms with Crippen LogP contribution in [0.25, 0.3) is 18.2 Å². The van der Waals surface area contributed by atoms with Crippen LogP contribution in [0.5, 0.6) is 28.7 Å². The van der Waals surface area contributed by atoms with Gasteiger partial charge in [0.25, 0.3) is 0 Å². The molecule has 1 amide bonds. The Morgan fingerprint density at radius 1 is 0.667 bits per heavy atom. The van der Waals surface area contributed by atoms with Crippen LogP contribution < -0.4 is 29.0 Å². The van der Waals surface area contributed by atoms with Crippen molar-refractivity contribution in [2.75, 3.05) is 40.9 Å². The van der Waals surface area contributed by atoms with Crippen LogP contribution in [0.4, 0.5) is 5.69 Å². The van der Waals surface area contributed by atoms with Gasteiger partial charge in [-0.05, 0) is 59.2 Å². The number of rotatable bonds is 10. The summed E-state index contributed by atoms with van der Waals surface area (Å²) in [5.74, 6) is 2.17. The first-order valence-corrected chi connectivity index (χ1v) is 11.3. The van der Waals surface area contributed by atoms with Gasteiger partial charge in [0.05, 0.1) is 41.2 Å². The molecule has 188 valence electrons. The maximum absolute atomic E-state index is 12.6. The van der Waals surface area contributed by atoms with Crippen molar-refractivity contribution in [1.29, 1.82) is 0 Å². The molecule has 0 aliphatic carbocycles. The van der Waals surface area contributed by atoms with E-state index >= 15 is 0 Å². The van der Waals surface area contributed by atoms with Crippen molar-refractivity contribution in [2.24, 2.45) is 0 Å². The summed E-state index contributed by atoms with van der Waals surface area (Å²) >= 11 is 5.91. The van der Waals surface area contributed by atoms with E-state index in [0.29, 0.717) is 39.5 Å². The smallest absolute Gasteiger partial charge is 0.248 e. The van der Waals surface area contributed by atoms with Crippen molar-refractivity contribution in [2.45, 2.75) is 0 Å². The van der Waals surface area contributed by atoms with Gasteiger partial charge in [-0.1, -0.05) is 35.9 Å². The lowest BCUT2D eigenvalue weighted by atomic mass is 10.1. The van der Waals surface area contributed by atoms with Crippen LogP contribution in [0.15, 0.2) is 54.6 Å². The van der Waals surface area contributed by atoms with Crippen LogP contribution in [0.2, 0.25) is 5.02 Å². The molecular formula is C28H28ClNO6. The zero-order valence-corrected chi connectivity index (χ0v) is 21.5. The van der Waals surface area contributed by atoms with E-state index < -0.39 is 0 Å². The number of amides is 1. The minimum atomic E-state index is -0.323. The predicted octanol–water partition coefficient (Wildman–Crippen LogP) is 6.21. The van der Waals surface area contributed by atoms with Crippen LogP contribution in [0.3, 0.4) is 0 Å². The van der Waals surface area contributed by atoms with E-state index in [9.17, 15) is 4.79 Å². The van der Waals surface area contributed by atoms with E-state index in [0.717, 1.165) is 16.7 Å². The first kappa shape index (κ1) is 26.5. The number of carbonyl (C=O) groups excluding carboxylic acids is 1. The lowest BCUT2D eigenvalue weighted by Gasteiger charge is -2.14. The molecule has 0 heterocycles. The number of methoxy groups -OCH3 is 5. The highest BCUT2D eigenvalue weighted by Crippen LogP contribution is 2.40. The molecule has 0 spiro atoms. The van der Waals surface area contributed by atoms with Crippen molar-refractivity contribution >= 4 is 41.4 Å². The number of hydrogen-bond acceptors (Lipinski definition) is 6. The molecule has 0 unspecified atom stereocenters. The molecule has 36 heavy (non-hydrogen) atoms. The van der Waals surface area contributed by atoms with Crippen LogP contribution >= 0.6 is 11.6 Å². The molecule has 3 rings (SSSR count). The Balaban J connectivity index is 1.90. The molecule has 0 saturated heterocycles. The predicted molar refractivity (Wildman–Crippen MR) is 144 cm³/mol. The molecule has 0 saturated carbocycles. The summed E-state index contributed by atoms with van der Waals surface area (Å²) < 4.78 is 27.2. The molecule has 0 bridgehead atoms. The summed E-state index contributed by atoms with van der Waals surface area (Å²) in [5.41, 5.74) is 2.92. The second kappa shape index (κ2) is 12.6. The van der Waals surface area contributed by atoms with Crippen LogP contribution in [-0.2, 0) is 4.79 Å². The average molecular weight is 510 g/mol. The summed E-state index contributed by atoms with van der Waals surface area (Å²) in [5, 5.41) is 3.49. The molecule has 0 atom stereocenters. The Morgan fingerprint density at radius 2 is 1.17 bits per heavy atom. The first-order chi connectivity index (χ1) is 17.4. The highest BCUT2D eigenvalue weighted by Gasteiger charge is 2.14. The molecule has 0 aromatic heterocycles. The van der Waals surface area contributed by atoms with Crippen molar-refractivity contribution in [3.05, 3.63) is 76.3 Å². The Hall–Kier alpha value is -4.10.